The minimum absolute atomic E-state index is 0.0836. The number of benzene rings is 1. The smallest absolute Gasteiger partial charge is 0.152 e. The van der Waals surface area contributed by atoms with Crippen molar-refractivity contribution in [1.82, 2.24) is 0 Å². The molecule has 0 aliphatic carbocycles. The minimum Gasteiger partial charge on any atom is -0.295 e. The van der Waals surface area contributed by atoms with E-state index in [0.717, 1.165) is 5.56 Å². The largest absolute Gasteiger partial charge is 0.295 e. The van der Waals surface area contributed by atoms with Crippen LogP contribution >= 0.6 is 11.3 Å². The molecule has 1 heterocycles. The van der Waals surface area contributed by atoms with Gasteiger partial charge in [0.25, 0.3) is 0 Å². The van der Waals surface area contributed by atoms with Gasteiger partial charge in [-0.1, -0.05) is 24.3 Å². The Morgan fingerprint density at radius 3 is 2.93 bits per heavy atom. The van der Waals surface area contributed by atoms with Crippen LogP contribution in [0.2, 0.25) is 0 Å². The highest BCUT2D eigenvalue weighted by Crippen LogP contribution is 2.26. The molecule has 0 saturated heterocycles. The second-order valence-corrected chi connectivity index (χ2v) is 4.04. The van der Waals surface area contributed by atoms with Crippen molar-refractivity contribution >= 4 is 33.3 Å². The maximum Gasteiger partial charge on any atom is 0.152 e. The lowest BCUT2D eigenvalue weighted by atomic mass is 10.1. The predicted molar refractivity (Wildman–Crippen MR) is 61.5 cm³/mol. The van der Waals surface area contributed by atoms with Crippen LogP contribution in [0.25, 0.3) is 16.2 Å². The molecule has 70 valence electrons. The molecule has 1 aromatic heterocycles. The molecule has 0 aliphatic rings. The van der Waals surface area contributed by atoms with Crippen LogP contribution in [0.3, 0.4) is 0 Å². The van der Waals surface area contributed by atoms with Gasteiger partial charge >= 0.3 is 0 Å². The predicted octanol–water partition coefficient (Wildman–Crippen LogP) is 3.50. The van der Waals surface area contributed by atoms with Crippen molar-refractivity contribution < 1.29 is 4.79 Å². The van der Waals surface area contributed by atoms with E-state index in [1.165, 1.54) is 10.1 Å². The molecule has 2 rings (SSSR count). The van der Waals surface area contributed by atoms with Crippen LogP contribution < -0.4 is 0 Å². The van der Waals surface area contributed by atoms with E-state index in [-0.39, 0.29) is 5.78 Å². The first-order chi connectivity index (χ1) is 6.77. The van der Waals surface area contributed by atoms with Crippen LogP contribution in [0, 0.1) is 0 Å². The zero-order chi connectivity index (χ0) is 9.97. The zero-order valence-corrected chi connectivity index (χ0v) is 8.67. The average molecular weight is 202 g/mol. The van der Waals surface area contributed by atoms with Gasteiger partial charge in [-0.05, 0) is 35.4 Å². The van der Waals surface area contributed by atoms with Crippen molar-refractivity contribution in [1.29, 1.82) is 0 Å². The molecule has 14 heavy (non-hydrogen) atoms. The third-order valence-electron chi connectivity index (χ3n) is 2.01. The van der Waals surface area contributed by atoms with E-state index in [9.17, 15) is 4.79 Å². The second-order valence-electron chi connectivity index (χ2n) is 3.13. The summed E-state index contributed by atoms with van der Waals surface area (Å²) in [4.78, 5) is 10.8. The lowest BCUT2D eigenvalue weighted by Crippen LogP contribution is -1.78. The lowest BCUT2D eigenvalue weighted by molar-refractivity contribution is -0.112. The van der Waals surface area contributed by atoms with Gasteiger partial charge in [0.15, 0.2) is 5.78 Å². The first-order valence-electron chi connectivity index (χ1n) is 4.42. The number of ketones is 1. The normalized spacial score (nSPS) is 11.2. The first-order valence-corrected chi connectivity index (χ1v) is 5.30. The number of fused-ring (bicyclic) bond motifs is 1. The van der Waals surface area contributed by atoms with Gasteiger partial charge in [-0.2, -0.15) is 0 Å². The van der Waals surface area contributed by atoms with Crippen molar-refractivity contribution in [2.45, 2.75) is 6.92 Å². The SMILES string of the molecule is CC(=O)/C=C/c1csc2ccccc12. The molecule has 2 aromatic rings. The summed E-state index contributed by atoms with van der Waals surface area (Å²) in [6, 6.07) is 8.20. The molecule has 0 bridgehead atoms. The van der Waals surface area contributed by atoms with E-state index < -0.39 is 0 Å². The Morgan fingerprint density at radius 1 is 1.36 bits per heavy atom. The number of hydrogen-bond donors (Lipinski definition) is 0. The molecule has 0 atom stereocenters. The molecule has 0 fully saturated rings. The second kappa shape index (κ2) is 3.76. The summed E-state index contributed by atoms with van der Waals surface area (Å²) in [5.41, 5.74) is 1.13. The van der Waals surface area contributed by atoms with Crippen molar-refractivity contribution in [3.05, 3.63) is 41.3 Å². The molecule has 0 aliphatic heterocycles. The van der Waals surface area contributed by atoms with Gasteiger partial charge in [0, 0.05) is 4.70 Å². The van der Waals surface area contributed by atoms with Gasteiger partial charge in [0.1, 0.15) is 0 Å². The third kappa shape index (κ3) is 1.75. The fraction of sp³-hybridized carbons (Fsp3) is 0.0833. The monoisotopic (exact) mass is 202 g/mol. The molecule has 2 heteroatoms. The molecule has 0 unspecified atom stereocenters. The van der Waals surface area contributed by atoms with Crippen LogP contribution in [0.1, 0.15) is 12.5 Å². The molecule has 0 radical (unpaired) electrons. The van der Waals surface area contributed by atoms with Crippen LogP contribution in [0.5, 0.6) is 0 Å². The Labute approximate surface area is 86.7 Å². The number of allylic oxidation sites excluding steroid dienone is 1. The van der Waals surface area contributed by atoms with Gasteiger partial charge in [-0.25, -0.2) is 0 Å². The number of rotatable bonds is 2. The minimum atomic E-state index is 0.0836. The summed E-state index contributed by atoms with van der Waals surface area (Å²) < 4.78 is 1.26. The first kappa shape index (κ1) is 9.16. The van der Waals surface area contributed by atoms with E-state index in [0.29, 0.717) is 0 Å². The van der Waals surface area contributed by atoms with E-state index in [2.05, 4.69) is 17.5 Å². The highest BCUT2D eigenvalue weighted by molar-refractivity contribution is 7.17. The van der Waals surface area contributed by atoms with E-state index in [4.69, 9.17) is 0 Å². The quantitative estimate of drug-likeness (QED) is 0.681. The summed E-state index contributed by atoms with van der Waals surface area (Å²) in [6.07, 6.45) is 3.48. The van der Waals surface area contributed by atoms with Crippen LogP contribution in [0.15, 0.2) is 35.7 Å². The number of hydrogen-bond acceptors (Lipinski definition) is 2. The van der Waals surface area contributed by atoms with E-state index in [1.807, 2.05) is 18.2 Å². The Balaban J connectivity index is 2.48. The number of carbonyl (C=O) groups excluding carboxylic acids is 1. The highest BCUT2D eigenvalue weighted by atomic mass is 32.1. The summed E-state index contributed by atoms with van der Waals surface area (Å²) in [5, 5.41) is 3.29. The van der Waals surface area contributed by atoms with Crippen molar-refractivity contribution in [2.75, 3.05) is 0 Å². The van der Waals surface area contributed by atoms with Crippen LogP contribution in [-0.4, -0.2) is 5.78 Å². The van der Waals surface area contributed by atoms with Crippen molar-refractivity contribution in [2.24, 2.45) is 0 Å². The van der Waals surface area contributed by atoms with Crippen LogP contribution in [-0.2, 0) is 4.79 Å². The average Bonchev–Trinajstić information content (AvgIpc) is 2.58. The summed E-state index contributed by atoms with van der Waals surface area (Å²) >= 11 is 1.70. The number of carbonyl (C=O) groups is 1. The van der Waals surface area contributed by atoms with Gasteiger partial charge < -0.3 is 0 Å². The van der Waals surface area contributed by atoms with E-state index in [1.54, 1.807) is 24.3 Å². The number of thiophene rings is 1. The lowest BCUT2D eigenvalue weighted by Gasteiger charge is -1.89. The summed E-state index contributed by atoms with van der Waals surface area (Å²) in [6.45, 7) is 1.56. The summed E-state index contributed by atoms with van der Waals surface area (Å²) in [5.74, 6) is 0.0836. The fourth-order valence-corrected chi connectivity index (χ4v) is 2.26. The molecule has 1 aromatic carbocycles. The molecule has 0 spiro atoms. The van der Waals surface area contributed by atoms with E-state index >= 15 is 0 Å². The Hall–Kier alpha value is -1.41. The van der Waals surface area contributed by atoms with Gasteiger partial charge in [-0.15, -0.1) is 11.3 Å². The summed E-state index contributed by atoms with van der Waals surface area (Å²) in [7, 11) is 0. The zero-order valence-electron chi connectivity index (χ0n) is 7.86. The molecular formula is C12H10OS. The molecule has 0 amide bonds. The molecule has 0 saturated carbocycles. The van der Waals surface area contributed by atoms with Crippen LogP contribution in [0.4, 0.5) is 0 Å². The topological polar surface area (TPSA) is 17.1 Å². The molecule has 1 nitrogen and oxygen atoms in total. The Bertz CT molecular complexity index is 494. The van der Waals surface area contributed by atoms with Crippen molar-refractivity contribution in [3.63, 3.8) is 0 Å². The van der Waals surface area contributed by atoms with Gasteiger partial charge in [-0.3, -0.25) is 4.79 Å². The highest BCUT2D eigenvalue weighted by Gasteiger charge is 1.99. The Morgan fingerprint density at radius 2 is 2.14 bits per heavy atom. The molecule has 0 N–H and O–H groups in total. The standard InChI is InChI=1S/C12H10OS/c1-9(13)6-7-10-8-14-12-5-3-2-4-11(10)12/h2-8H,1H3/b7-6+. The van der Waals surface area contributed by atoms with Gasteiger partial charge in [0.05, 0.1) is 0 Å². The van der Waals surface area contributed by atoms with Crippen molar-refractivity contribution in [3.8, 4) is 0 Å². The van der Waals surface area contributed by atoms with Gasteiger partial charge in [0.2, 0.25) is 0 Å². The fourth-order valence-electron chi connectivity index (χ4n) is 1.33. The maximum absolute atomic E-state index is 10.8. The maximum atomic E-state index is 10.8. The molecular weight excluding hydrogens is 192 g/mol. The Kier molecular flexibility index (Phi) is 2.46. The third-order valence-corrected chi connectivity index (χ3v) is 2.99.